The minimum absolute atomic E-state index is 0.0285. The van der Waals surface area contributed by atoms with Gasteiger partial charge in [0.15, 0.2) is 0 Å². The third-order valence-electron chi connectivity index (χ3n) is 3.47. The molecule has 1 aliphatic heterocycles. The molecule has 0 bridgehead atoms. The van der Waals surface area contributed by atoms with Gasteiger partial charge in [0.2, 0.25) is 6.41 Å². The summed E-state index contributed by atoms with van der Waals surface area (Å²) >= 11 is 0. The zero-order chi connectivity index (χ0) is 16.5. The maximum atomic E-state index is 10.5. The number of carbonyl (C=O) groups excluding carboxylic acids is 1. The molecular formula is C15H23N3O4. The van der Waals surface area contributed by atoms with Crippen LogP contribution in [0, 0.1) is 0 Å². The molecule has 1 aromatic rings. The van der Waals surface area contributed by atoms with Gasteiger partial charge in [-0.2, -0.15) is 4.99 Å². The molecule has 1 aromatic carbocycles. The van der Waals surface area contributed by atoms with E-state index in [1.807, 2.05) is 36.2 Å². The number of carbonyl (C=O) groups is 1. The van der Waals surface area contributed by atoms with Gasteiger partial charge >= 0.3 is 0 Å². The van der Waals surface area contributed by atoms with Crippen molar-refractivity contribution in [3.8, 4) is 0 Å². The van der Waals surface area contributed by atoms with Crippen molar-refractivity contribution in [3.63, 3.8) is 0 Å². The van der Waals surface area contributed by atoms with Crippen LogP contribution in [0.2, 0.25) is 0 Å². The predicted molar refractivity (Wildman–Crippen MR) is 84.8 cm³/mol. The summed E-state index contributed by atoms with van der Waals surface area (Å²) in [4.78, 5) is 16.0. The van der Waals surface area contributed by atoms with Crippen LogP contribution in [0.15, 0.2) is 29.3 Å². The number of aliphatic hydroxyl groups is 2. The molecule has 7 nitrogen and oxygen atoms in total. The molecule has 2 unspecified atom stereocenters. The number of rotatable bonds is 5. The molecule has 0 aliphatic carbocycles. The lowest BCUT2D eigenvalue weighted by atomic mass is 10.1. The quantitative estimate of drug-likeness (QED) is 0.404. The van der Waals surface area contributed by atoms with Crippen LogP contribution in [0.25, 0.3) is 0 Å². The van der Waals surface area contributed by atoms with Crippen molar-refractivity contribution in [1.82, 2.24) is 0 Å². The highest BCUT2D eigenvalue weighted by molar-refractivity contribution is 6.05. The summed E-state index contributed by atoms with van der Waals surface area (Å²) in [6.45, 7) is 0.0285. The molecule has 1 aliphatic rings. The summed E-state index contributed by atoms with van der Waals surface area (Å²) in [6.07, 6.45) is 1.86. The van der Waals surface area contributed by atoms with Crippen LogP contribution in [-0.2, 0) is 9.53 Å². The van der Waals surface area contributed by atoms with E-state index < -0.39 is 0 Å². The Hall–Kier alpha value is -1.96. The Morgan fingerprint density at radius 1 is 1.45 bits per heavy atom. The number of nitrogens with zero attached hydrogens (tertiary/aromatic N) is 2. The van der Waals surface area contributed by atoms with Gasteiger partial charge in [-0.15, -0.1) is 0 Å². The zero-order valence-corrected chi connectivity index (χ0v) is 12.8. The van der Waals surface area contributed by atoms with Crippen molar-refractivity contribution in [3.05, 3.63) is 29.8 Å². The van der Waals surface area contributed by atoms with Gasteiger partial charge < -0.3 is 25.6 Å². The van der Waals surface area contributed by atoms with Crippen LogP contribution >= 0.6 is 0 Å². The second-order valence-corrected chi connectivity index (χ2v) is 4.72. The van der Waals surface area contributed by atoms with E-state index in [1.54, 1.807) is 0 Å². The molecule has 1 saturated heterocycles. The van der Waals surface area contributed by atoms with Gasteiger partial charge in [0.05, 0.1) is 12.7 Å². The zero-order valence-electron chi connectivity index (χ0n) is 12.8. The largest absolute Gasteiger partial charge is 0.400 e. The number of hydrogen-bond acceptors (Lipinski definition) is 5. The first kappa shape index (κ1) is 18.1. The lowest BCUT2D eigenvalue weighted by molar-refractivity contribution is -0.106. The van der Waals surface area contributed by atoms with Gasteiger partial charge in [0.1, 0.15) is 12.1 Å². The van der Waals surface area contributed by atoms with E-state index in [-0.39, 0.29) is 24.8 Å². The molecule has 2 rings (SSSR count). The number of aliphatic hydroxyl groups excluding tert-OH is 2. The first-order valence-corrected chi connectivity index (χ1v) is 6.97. The Kier molecular flexibility index (Phi) is 7.51. The number of aliphatic imine (C=N–C) groups is 1. The summed E-state index contributed by atoms with van der Waals surface area (Å²) in [7, 11) is 2.90. The molecule has 4 N–H and O–H groups in total. The standard InChI is InChI=1S/C14H19N3O3.CH4O/c1-17(13-7-6-10(8-18)20-13)12-5-3-2-4-11(12)14(15)16-9-19;1-2/h2-5,9-10,13,18H,6-8H2,1H3,(H2,15,16,19);2H,1H3. The van der Waals surface area contributed by atoms with Crippen molar-refractivity contribution in [2.45, 2.75) is 25.2 Å². The average Bonchev–Trinajstić information content (AvgIpc) is 3.05. The average molecular weight is 309 g/mol. The van der Waals surface area contributed by atoms with Gasteiger partial charge in [0, 0.05) is 25.4 Å². The first-order valence-electron chi connectivity index (χ1n) is 6.97. The lowest BCUT2D eigenvalue weighted by Gasteiger charge is -2.28. The van der Waals surface area contributed by atoms with Gasteiger partial charge in [-0.25, -0.2) is 0 Å². The van der Waals surface area contributed by atoms with Gasteiger partial charge in [0.25, 0.3) is 0 Å². The minimum atomic E-state index is -0.115. The first-order chi connectivity index (χ1) is 10.7. The fraction of sp³-hybridized carbons (Fsp3) is 0.467. The van der Waals surface area contributed by atoms with Gasteiger partial charge in [-0.1, -0.05) is 12.1 Å². The fourth-order valence-corrected chi connectivity index (χ4v) is 2.39. The van der Waals surface area contributed by atoms with Crippen LogP contribution < -0.4 is 10.6 Å². The Bertz CT molecular complexity index is 507. The van der Waals surface area contributed by atoms with E-state index in [9.17, 15) is 4.79 Å². The van der Waals surface area contributed by atoms with Crippen molar-refractivity contribution in [1.29, 1.82) is 0 Å². The summed E-state index contributed by atoms with van der Waals surface area (Å²) < 4.78 is 5.75. The van der Waals surface area contributed by atoms with E-state index in [4.69, 9.17) is 20.7 Å². The van der Waals surface area contributed by atoms with Crippen molar-refractivity contribution < 1.29 is 19.7 Å². The molecule has 0 spiro atoms. The number of amides is 1. The highest BCUT2D eigenvalue weighted by Crippen LogP contribution is 2.28. The molecule has 0 aromatic heterocycles. The summed E-state index contributed by atoms with van der Waals surface area (Å²) in [5, 5.41) is 16.1. The Morgan fingerprint density at radius 3 is 2.73 bits per heavy atom. The van der Waals surface area contributed by atoms with Crippen LogP contribution in [0.4, 0.5) is 5.69 Å². The Morgan fingerprint density at radius 2 is 2.14 bits per heavy atom. The number of ether oxygens (including phenoxy) is 1. The van der Waals surface area contributed by atoms with Gasteiger partial charge in [-0.3, -0.25) is 4.79 Å². The Labute approximate surface area is 130 Å². The minimum Gasteiger partial charge on any atom is -0.400 e. The highest BCUT2D eigenvalue weighted by Gasteiger charge is 2.28. The normalized spacial score (nSPS) is 21.0. The monoisotopic (exact) mass is 309 g/mol. The number of hydrogen-bond donors (Lipinski definition) is 3. The molecule has 1 heterocycles. The number of anilines is 1. The predicted octanol–water partition coefficient (Wildman–Crippen LogP) is 0.0904. The Balaban J connectivity index is 0.00000116. The van der Waals surface area contributed by atoms with Gasteiger partial charge in [-0.05, 0) is 25.0 Å². The van der Waals surface area contributed by atoms with Crippen LogP contribution in [0.3, 0.4) is 0 Å². The SMILES string of the molecule is CN(c1ccccc1C(N)=NC=O)C1CCC(CO)O1.CO. The van der Waals surface area contributed by atoms with E-state index >= 15 is 0 Å². The number of amidine groups is 1. The van der Waals surface area contributed by atoms with Crippen LogP contribution in [-0.4, -0.2) is 55.6 Å². The van der Waals surface area contributed by atoms with E-state index in [1.165, 1.54) is 0 Å². The van der Waals surface area contributed by atoms with E-state index in [0.29, 0.717) is 12.0 Å². The third kappa shape index (κ3) is 4.27. The highest BCUT2D eigenvalue weighted by atomic mass is 16.5. The van der Waals surface area contributed by atoms with Crippen molar-refractivity contribution in [2.75, 3.05) is 25.7 Å². The maximum absolute atomic E-state index is 10.5. The third-order valence-corrected chi connectivity index (χ3v) is 3.47. The molecule has 0 saturated carbocycles. The second kappa shape index (κ2) is 9.14. The van der Waals surface area contributed by atoms with Crippen molar-refractivity contribution >= 4 is 17.9 Å². The number of benzene rings is 1. The number of nitrogens with two attached hydrogens (primary N) is 1. The smallest absolute Gasteiger partial charge is 0.234 e. The summed E-state index contributed by atoms with van der Waals surface area (Å²) in [5.41, 5.74) is 7.35. The van der Waals surface area contributed by atoms with E-state index in [0.717, 1.165) is 25.6 Å². The van der Waals surface area contributed by atoms with Crippen LogP contribution in [0.5, 0.6) is 0 Å². The molecule has 1 amide bonds. The summed E-state index contributed by atoms with van der Waals surface area (Å²) in [5.74, 6) is 0.180. The fourth-order valence-electron chi connectivity index (χ4n) is 2.39. The molecular weight excluding hydrogens is 286 g/mol. The van der Waals surface area contributed by atoms with Crippen LogP contribution in [0.1, 0.15) is 18.4 Å². The number of para-hydroxylation sites is 1. The molecule has 122 valence electrons. The molecule has 22 heavy (non-hydrogen) atoms. The molecule has 2 atom stereocenters. The second-order valence-electron chi connectivity index (χ2n) is 4.72. The molecule has 0 radical (unpaired) electrons. The van der Waals surface area contributed by atoms with E-state index in [2.05, 4.69) is 4.99 Å². The lowest BCUT2D eigenvalue weighted by Crippen LogP contribution is -2.34. The molecule has 1 fully saturated rings. The maximum Gasteiger partial charge on any atom is 0.234 e. The topological polar surface area (TPSA) is 108 Å². The van der Waals surface area contributed by atoms with Crippen molar-refractivity contribution in [2.24, 2.45) is 10.7 Å². The summed E-state index contributed by atoms with van der Waals surface area (Å²) in [6, 6.07) is 7.44. The molecule has 7 heteroatoms.